The minimum atomic E-state index is -0.223. The van der Waals surface area contributed by atoms with Crippen molar-refractivity contribution in [1.82, 2.24) is 9.36 Å². The Morgan fingerprint density at radius 3 is 2.65 bits per heavy atom. The molecule has 0 aliphatic rings. The number of fused-ring (bicyclic) bond motifs is 5. The summed E-state index contributed by atoms with van der Waals surface area (Å²) in [5.74, 6) is 0. The zero-order valence-corrected chi connectivity index (χ0v) is 12.7. The van der Waals surface area contributed by atoms with Crippen molar-refractivity contribution >= 4 is 43.2 Å². The van der Waals surface area contributed by atoms with Gasteiger partial charge in [-0.2, -0.15) is 4.37 Å². The number of aromatic nitrogens is 2. The van der Waals surface area contributed by atoms with E-state index in [4.69, 9.17) is 5.48 Å². The van der Waals surface area contributed by atoms with Gasteiger partial charge in [-0.1, -0.05) is 48.4 Å². The highest BCUT2D eigenvalue weighted by Crippen LogP contribution is 2.38. The lowest BCUT2D eigenvalue weighted by molar-refractivity contribution is 1.31. The first-order chi connectivity index (χ1) is 13.1. The third-order valence-electron chi connectivity index (χ3n) is 3.98. The minimum absolute atomic E-state index is 0.0209. The van der Waals surface area contributed by atoms with Gasteiger partial charge in [0.25, 0.3) is 0 Å². The van der Waals surface area contributed by atoms with Crippen LogP contribution in [0.1, 0.15) is 5.48 Å². The second kappa shape index (κ2) is 4.86. The third kappa shape index (κ3) is 1.87. The Labute approximate surface area is 142 Å². The van der Waals surface area contributed by atoms with Crippen LogP contribution in [0, 0.1) is 0 Å². The molecule has 0 N–H and O–H groups in total. The topological polar surface area (TPSA) is 25.8 Å². The predicted octanol–water partition coefficient (Wildman–Crippen LogP) is 5.66. The molecule has 5 aromatic rings. The highest BCUT2D eigenvalue weighted by Gasteiger charge is 2.14. The Morgan fingerprint density at radius 1 is 0.870 bits per heavy atom. The molecular formula is C20H12N2S. The molecule has 2 heterocycles. The molecule has 108 valence electrons. The van der Waals surface area contributed by atoms with Crippen LogP contribution in [0.15, 0.2) is 72.8 Å². The van der Waals surface area contributed by atoms with Gasteiger partial charge in [-0.05, 0) is 45.9 Å². The molecule has 2 nitrogen and oxygen atoms in total. The van der Waals surface area contributed by atoms with E-state index in [-0.39, 0.29) is 24.2 Å². The first-order valence-corrected chi connectivity index (χ1v) is 7.98. The van der Waals surface area contributed by atoms with Gasteiger partial charge in [0.2, 0.25) is 0 Å². The van der Waals surface area contributed by atoms with Crippen molar-refractivity contribution in [3.05, 3.63) is 72.8 Å². The van der Waals surface area contributed by atoms with Crippen molar-refractivity contribution in [2.45, 2.75) is 0 Å². The van der Waals surface area contributed by atoms with E-state index in [0.717, 1.165) is 32.2 Å². The van der Waals surface area contributed by atoms with Gasteiger partial charge in [-0.15, -0.1) is 0 Å². The lowest BCUT2D eigenvalue weighted by Crippen LogP contribution is -1.84. The number of pyridine rings is 1. The van der Waals surface area contributed by atoms with E-state index in [1.165, 1.54) is 11.5 Å². The molecular weight excluding hydrogens is 300 g/mol. The first-order valence-electron chi connectivity index (χ1n) is 9.20. The van der Waals surface area contributed by atoms with Crippen LogP contribution in [-0.4, -0.2) is 9.36 Å². The van der Waals surface area contributed by atoms with Crippen molar-refractivity contribution in [2.24, 2.45) is 0 Å². The summed E-state index contributed by atoms with van der Waals surface area (Å²) in [4.78, 5) is 4.42. The molecule has 0 radical (unpaired) electrons. The van der Waals surface area contributed by atoms with Gasteiger partial charge in [0.05, 0.1) is 15.9 Å². The van der Waals surface area contributed by atoms with Crippen LogP contribution >= 0.6 is 11.5 Å². The molecule has 3 heteroatoms. The standard InChI is InChI=1S/C20H12N2S/c1-2-6-15-13(5-1)8-9-14-10-11-17-19(18(14)15)20(22-23-17)16-7-3-4-12-21-16/h1-12H/i1D,2D,5D,6D. The molecule has 0 saturated carbocycles. The summed E-state index contributed by atoms with van der Waals surface area (Å²) in [6, 6.07) is 12.8. The SMILES string of the molecule is [2H]c1c([2H])c([2H])c2c(ccc3ccc4snc(-c5ccccn5)c4c32)c1[2H]. The Hall–Kier alpha value is -2.78. The molecule has 0 bridgehead atoms. The highest BCUT2D eigenvalue weighted by molar-refractivity contribution is 7.14. The second-order valence-electron chi connectivity index (χ2n) is 5.27. The van der Waals surface area contributed by atoms with E-state index in [9.17, 15) is 0 Å². The second-order valence-corrected chi connectivity index (χ2v) is 6.08. The zero-order valence-electron chi connectivity index (χ0n) is 15.9. The molecule has 3 aromatic carbocycles. The monoisotopic (exact) mass is 316 g/mol. The van der Waals surface area contributed by atoms with Crippen LogP contribution in [0.3, 0.4) is 0 Å². The third-order valence-corrected chi connectivity index (χ3v) is 4.79. The molecule has 0 unspecified atom stereocenters. The number of benzene rings is 3. The van der Waals surface area contributed by atoms with Gasteiger partial charge in [-0.25, -0.2) is 0 Å². The number of rotatable bonds is 1. The Balaban J connectivity index is 2.07. The summed E-state index contributed by atoms with van der Waals surface area (Å²) in [5.41, 5.74) is 1.48. The van der Waals surface area contributed by atoms with Crippen LogP contribution in [0.2, 0.25) is 0 Å². The van der Waals surface area contributed by atoms with Gasteiger partial charge < -0.3 is 0 Å². The van der Waals surface area contributed by atoms with Crippen LogP contribution in [-0.2, 0) is 0 Å². The summed E-state index contributed by atoms with van der Waals surface area (Å²) in [5, 5.41) is 3.64. The van der Waals surface area contributed by atoms with Gasteiger partial charge in [0, 0.05) is 17.0 Å². The first kappa shape index (κ1) is 9.38. The molecule has 2 aromatic heterocycles. The van der Waals surface area contributed by atoms with Crippen LogP contribution in [0.25, 0.3) is 43.0 Å². The lowest BCUT2D eigenvalue weighted by Gasteiger charge is -2.06. The lowest BCUT2D eigenvalue weighted by atomic mass is 9.98. The molecule has 23 heavy (non-hydrogen) atoms. The summed E-state index contributed by atoms with van der Waals surface area (Å²) in [6.45, 7) is 0. The van der Waals surface area contributed by atoms with Crippen molar-refractivity contribution in [3.63, 3.8) is 0 Å². The minimum Gasteiger partial charge on any atom is -0.255 e. The molecule has 0 atom stereocenters. The van der Waals surface area contributed by atoms with Gasteiger partial charge in [0.1, 0.15) is 5.69 Å². The zero-order chi connectivity index (χ0) is 18.7. The van der Waals surface area contributed by atoms with Crippen molar-refractivity contribution in [3.8, 4) is 11.4 Å². The highest BCUT2D eigenvalue weighted by atomic mass is 32.1. The van der Waals surface area contributed by atoms with Crippen molar-refractivity contribution < 1.29 is 5.48 Å². The van der Waals surface area contributed by atoms with Crippen LogP contribution in [0.4, 0.5) is 0 Å². The fourth-order valence-corrected chi connectivity index (χ4v) is 3.75. The average Bonchev–Trinajstić information content (AvgIpc) is 3.15. The fourth-order valence-electron chi connectivity index (χ4n) is 2.95. The van der Waals surface area contributed by atoms with E-state index < -0.39 is 0 Å². The summed E-state index contributed by atoms with van der Waals surface area (Å²) in [7, 11) is 0. The molecule has 0 aliphatic heterocycles. The quantitative estimate of drug-likeness (QED) is 0.373. The maximum absolute atomic E-state index is 8.49. The van der Waals surface area contributed by atoms with Gasteiger partial charge in [0.15, 0.2) is 0 Å². The van der Waals surface area contributed by atoms with Gasteiger partial charge >= 0.3 is 0 Å². The van der Waals surface area contributed by atoms with E-state index >= 15 is 0 Å². The summed E-state index contributed by atoms with van der Waals surface area (Å²) in [6.07, 6.45) is 1.72. The fraction of sp³-hybridized carbons (Fsp3) is 0. The number of nitrogens with zero attached hydrogens (tertiary/aromatic N) is 2. The smallest absolute Gasteiger partial charge is 0.111 e. The average molecular weight is 316 g/mol. The van der Waals surface area contributed by atoms with E-state index in [0.29, 0.717) is 10.8 Å². The van der Waals surface area contributed by atoms with E-state index in [1.807, 2.05) is 36.4 Å². The number of hydrogen-bond donors (Lipinski definition) is 0. The Bertz CT molecular complexity index is 1360. The largest absolute Gasteiger partial charge is 0.255 e. The summed E-state index contributed by atoms with van der Waals surface area (Å²) >= 11 is 1.37. The maximum Gasteiger partial charge on any atom is 0.111 e. The van der Waals surface area contributed by atoms with Crippen LogP contribution in [0.5, 0.6) is 0 Å². The maximum atomic E-state index is 8.49. The molecule has 0 saturated heterocycles. The summed E-state index contributed by atoms with van der Waals surface area (Å²) < 4.78 is 38.4. The normalized spacial score (nSPS) is 13.9. The van der Waals surface area contributed by atoms with Crippen molar-refractivity contribution in [2.75, 3.05) is 0 Å². The van der Waals surface area contributed by atoms with E-state index in [2.05, 4.69) is 9.36 Å². The molecule has 0 fully saturated rings. The van der Waals surface area contributed by atoms with Crippen LogP contribution < -0.4 is 0 Å². The molecule has 0 aliphatic carbocycles. The molecule has 5 rings (SSSR count). The Morgan fingerprint density at radius 2 is 1.74 bits per heavy atom. The molecule has 0 amide bonds. The predicted molar refractivity (Wildman–Crippen MR) is 97.9 cm³/mol. The van der Waals surface area contributed by atoms with Crippen molar-refractivity contribution in [1.29, 1.82) is 0 Å². The van der Waals surface area contributed by atoms with Gasteiger partial charge in [-0.3, -0.25) is 4.98 Å². The molecule has 0 spiro atoms. The van der Waals surface area contributed by atoms with E-state index in [1.54, 1.807) is 12.3 Å². The number of hydrogen-bond acceptors (Lipinski definition) is 3. The Kier molecular flexibility index (Phi) is 1.98.